The molecule has 0 aliphatic heterocycles. The Morgan fingerprint density at radius 2 is 1.53 bits per heavy atom. The molecule has 0 radical (unpaired) electrons. The summed E-state index contributed by atoms with van der Waals surface area (Å²) in [5.41, 5.74) is 12.3. The Morgan fingerprint density at radius 1 is 1.16 bits per heavy atom. The van der Waals surface area contributed by atoms with Crippen molar-refractivity contribution in [2.75, 3.05) is 18.5 Å². The number of hydrogen-bond donors (Lipinski definition) is 3. The molecule has 106 valence electrons. The lowest BCUT2D eigenvalue weighted by molar-refractivity contribution is -0.102. The Labute approximate surface area is 114 Å². The van der Waals surface area contributed by atoms with Gasteiger partial charge in [0.2, 0.25) is 0 Å². The van der Waals surface area contributed by atoms with Crippen LogP contribution in [0.3, 0.4) is 0 Å². The number of carbonyl (C=O) groups is 1. The number of allylic oxidation sites excluding steroid dienone is 2. The van der Waals surface area contributed by atoms with Gasteiger partial charge in [-0.25, -0.2) is 0 Å². The number of nitrogens with two attached hydrogens (primary N) is 2. The summed E-state index contributed by atoms with van der Waals surface area (Å²) < 4.78 is 0. The van der Waals surface area contributed by atoms with Gasteiger partial charge in [-0.15, -0.1) is 0 Å². The van der Waals surface area contributed by atoms with Crippen molar-refractivity contribution >= 4 is 23.4 Å². The molecule has 0 amide bonds. The van der Waals surface area contributed by atoms with E-state index in [2.05, 4.69) is 4.99 Å². The molecular formula is C14H23N3O2. The number of aliphatic imine (C=N–C) groups is 1. The molecule has 5 nitrogen and oxygen atoms in total. The zero-order valence-electron chi connectivity index (χ0n) is 11.9. The zero-order valence-corrected chi connectivity index (χ0v) is 11.9. The maximum atomic E-state index is 10.0. The lowest BCUT2D eigenvalue weighted by Crippen LogP contribution is -2.02. The van der Waals surface area contributed by atoms with E-state index in [0.29, 0.717) is 6.29 Å². The molecule has 0 unspecified atom stereocenters. The second-order valence-electron chi connectivity index (χ2n) is 3.07. The summed E-state index contributed by atoms with van der Waals surface area (Å²) in [6, 6.07) is 7.09. The topological polar surface area (TPSA) is 102 Å². The van der Waals surface area contributed by atoms with E-state index < -0.39 is 0 Å². The van der Waals surface area contributed by atoms with Gasteiger partial charge in [-0.05, 0) is 37.3 Å². The van der Waals surface area contributed by atoms with Crippen LogP contribution in [0.15, 0.2) is 41.1 Å². The summed E-state index contributed by atoms with van der Waals surface area (Å²) in [7, 11) is 1.45. The van der Waals surface area contributed by atoms with Gasteiger partial charge in [-0.3, -0.25) is 9.79 Å². The van der Waals surface area contributed by atoms with Crippen LogP contribution in [-0.4, -0.2) is 24.2 Å². The third-order valence-corrected chi connectivity index (χ3v) is 1.82. The largest absolute Gasteiger partial charge is 0.506 e. The van der Waals surface area contributed by atoms with Crippen molar-refractivity contribution in [1.29, 1.82) is 0 Å². The second kappa shape index (κ2) is 12.2. The molecule has 0 saturated carbocycles. The molecule has 0 spiro atoms. The lowest BCUT2D eigenvalue weighted by atomic mass is 10.3. The minimum Gasteiger partial charge on any atom is -0.506 e. The van der Waals surface area contributed by atoms with Crippen molar-refractivity contribution in [1.82, 2.24) is 0 Å². The Balaban J connectivity index is 0. The van der Waals surface area contributed by atoms with Crippen LogP contribution in [0.4, 0.5) is 11.4 Å². The average Bonchev–Trinajstić information content (AvgIpc) is 2.46. The van der Waals surface area contributed by atoms with E-state index in [1.165, 1.54) is 13.1 Å². The smallest absolute Gasteiger partial charge is 0.171 e. The van der Waals surface area contributed by atoms with Gasteiger partial charge in [-0.2, -0.15) is 0 Å². The fraction of sp³-hybridized carbons (Fsp3) is 0.286. The first-order chi connectivity index (χ1) is 9.04. The highest BCUT2D eigenvalue weighted by atomic mass is 16.3. The predicted octanol–water partition coefficient (Wildman–Crippen LogP) is 2.60. The van der Waals surface area contributed by atoms with Crippen LogP contribution in [0, 0.1) is 0 Å². The molecule has 1 aromatic carbocycles. The van der Waals surface area contributed by atoms with E-state index in [9.17, 15) is 4.79 Å². The average molecular weight is 265 g/mol. The van der Waals surface area contributed by atoms with E-state index in [4.69, 9.17) is 16.6 Å². The number of aliphatic hydroxyl groups excluding tert-OH is 1. The monoisotopic (exact) mass is 265 g/mol. The molecule has 0 aliphatic rings. The van der Waals surface area contributed by atoms with Crippen molar-refractivity contribution in [2.45, 2.75) is 20.8 Å². The number of nitrogen functional groups attached to an aromatic ring is 2. The van der Waals surface area contributed by atoms with Gasteiger partial charge in [0.25, 0.3) is 0 Å². The number of benzene rings is 1. The first-order valence-electron chi connectivity index (χ1n) is 5.93. The van der Waals surface area contributed by atoms with Gasteiger partial charge < -0.3 is 16.6 Å². The van der Waals surface area contributed by atoms with Crippen molar-refractivity contribution in [3.63, 3.8) is 0 Å². The minimum atomic E-state index is -0.0764. The highest BCUT2D eigenvalue weighted by Gasteiger charge is 1.97. The highest BCUT2D eigenvalue weighted by Crippen LogP contribution is 2.04. The molecule has 5 heteroatoms. The fourth-order valence-electron chi connectivity index (χ4n) is 0.872. The van der Waals surface area contributed by atoms with Crippen molar-refractivity contribution in [3.8, 4) is 0 Å². The van der Waals surface area contributed by atoms with E-state index in [-0.39, 0.29) is 11.5 Å². The van der Waals surface area contributed by atoms with Crippen LogP contribution in [-0.2, 0) is 4.79 Å². The van der Waals surface area contributed by atoms with Crippen molar-refractivity contribution in [3.05, 3.63) is 36.1 Å². The zero-order chi connectivity index (χ0) is 15.3. The summed E-state index contributed by atoms with van der Waals surface area (Å²) in [6.45, 7) is 5.63. The van der Waals surface area contributed by atoms with Gasteiger partial charge in [0.05, 0.1) is 0 Å². The molecular weight excluding hydrogens is 242 g/mol. The van der Waals surface area contributed by atoms with E-state index in [0.717, 1.165) is 11.4 Å². The normalized spacial score (nSPS) is 10.5. The molecule has 1 aromatic rings. The van der Waals surface area contributed by atoms with Gasteiger partial charge in [0.1, 0.15) is 11.5 Å². The molecule has 0 heterocycles. The number of aldehydes is 1. The van der Waals surface area contributed by atoms with Crippen molar-refractivity contribution < 1.29 is 9.90 Å². The predicted molar refractivity (Wildman–Crippen MR) is 82.4 cm³/mol. The Morgan fingerprint density at radius 3 is 1.68 bits per heavy atom. The Hall–Kier alpha value is -2.30. The summed E-state index contributed by atoms with van der Waals surface area (Å²) in [5, 5.41) is 8.82. The molecule has 0 fully saturated rings. The third kappa shape index (κ3) is 9.41. The van der Waals surface area contributed by atoms with E-state index in [1.54, 1.807) is 31.2 Å². The van der Waals surface area contributed by atoms with E-state index in [1.807, 2.05) is 13.8 Å². The van der Waals surface area contributed by atoms with Crippen molar-refractivity contribution in [2.24, 2.45) is 4.99 Å². The maximum Gasteiger partial charge on any atom is 0.171 e. The number of anilines is 2. The number of hydrogen-bond acceptors (Lipinski definition) is 5. The first kappa shape index (κ1) is 19.0. The molecule has 0 bridgehead atoms. The first-order valence-corrected chi connectivity index (χ1v) is 5.93. The molecule has 0 atom stereocenters. The Kier molecular flexibility index (Phi) is 12.2. The second-order valence-corrected chi connectivity index (χ2v) is 3.07. The summed E-state index contributed by atoms with van der Waals surface area (Å²) in [5.74, 6) is -0.0764. The fourth-order valence-corrected chi connectivity index (χ4v) is 0.872. The van der Waals surface area contributed by atoms with Gasteiger partial charge in [0.15, 0.2) is 6.29 Å². The van der Waals surface area contributed by atoms with Crippen LogP contribution in [0.25, 0.3) is 0 Å². The molecule has 0 aliphatic carbocycles. The standard InChI is InChI=1S/C6H8N2.C6H9NO2.C2H6/c7-5-1-2-6(8)4-3-5;1-3-6(9)5(4-8)7-2;1-2/h1-4H,7-8H2;3-4,9H,1-2H3;1-2H3/b;6-3+,7-5?;. The number of carbonyl (C=O) groups excluding carboxylic acids is 1. The molecule has 1 rings (SSSR count). The molecule has 0 saturated heterocycles. The number of rotatable bonds is 2. The quantitative estimate of drug-likeness (QED) is 0.331. The summed E-state index contributed by atoms with van der Waals surface area (Å²) in [4.78, 5) is 13.5. The highest BCUT2D eigenvalue weighted by molar-refractivity contribution is 6.35. The van der Waals surface area contributed by atoms with E-state index >= 15 is 0 Å². The lowest BCUT2D eigenvalue weighted by Gasteiger charge is -1.91. The van der Waals surface area contributed by atoms with Crippen LogP contribution >= 0.6 is 0 Å². The summed E-state index contributed by atoms with van der Waals surface area (Å²) >= 11 is 0. The van der Waals surface area contributed by atoms with Gasteiger partial charge in [0, 0.05) is 18.4 Å². The molecule has 5 N–H and O–H groups in total. The third-order valence-electron chi connectivity index (χ3n) is 1.82. The van der Waals surface area contributed by atoms with Crippen LogP contribution in [0.1, 0.15) is 20.8 Å². The number of nitrogens with zero attached hydrogens (tertiary/aromatic N) is 1. The molecule has 19 heavy (non-hydrogen) atoms. The van der Waals surface area contributed by atoms with Crippen LogP contribution < -0.4 is 11.5 Å². The SMILES string of the molecule is C/C=C(/O)C(C=O)=NC.CC.Nc1ccc(N)cc1. The van der Waals surface area contributed by atoms with Crippen LogP contribution in [0.2, 0.25) is 0 Å². The van der Waals surface area contributed by atoms with Gasteiger partial charge in [-0.1, -0.05) is 13.8 Å². The van der Waals surface area contributed by atoms with Crippen LogP contribution in [0.5, 0.6) is 0 Å². The van der Waals surface area contributed by atoms with Gasteiger partial charge >= 0.3 is 0 Å². The summed E-state index contributed by atoms with van der Waals surface area (Å²) in [6.07, 6.45) is 1.92. The Bertz CT molecular complexity index is 388. The molecule has 0 aromatic heterocycles. The number of aliphatic hydroxyl groups is 1. The maximum absolute atomic E-state index is 10.0. The minimum absolute atomic E-state index is 0.0764.